The summed E-state index contributed by atoms with van der Waals surface area (Å²) >= 11 is 0. The zero-order chi connectivity index (χ0) is 11.4. The molecule has 2 fully saturated rings. The van der Waals surface area contributed by atoms with Gasteiger partial charge in [-0.2, -0.15) is 0 Å². The fourth-order valence-electron chi connectivity index (χ4n) is 2.57. The number of rotatable bonds is 4. The fourth-order valence-corrected chi connectivity index (χ4v) is 2.57. The lowest BCUT2D eigenvalue weighted by Gasteiger charge is -2.33. The van der Waals surface area contributed by atoms with Gasteiger partial charge in [0, 0.05) is 6.61 Å². The Morgan fingerprint density at radius 1 is 1.31 bits per heavy atom. The van der Waals surface area contributed by atoms with Gasteiger partial charge in [0.2, 0.25) is 0 Å². The number of hydrogen-bond acceptors (Lipinski definition) is 3. The molecule has 1 aliphatic heterocycles. The van der Waals surface area contributed by atoms with Gasteiger partial charge in [-0.25, -0.2) is 4.79 Å². The van der Waals surface area contributed by atoms with Gasteiger partial charge in [0.25, 0.3) is 0 Å². The van der Waals surface area contributed by atoms with E-state index < -0.39 is 11.6 Å². The maximum Gasteiger partial charge on any atom is 0.335 e. The van der Waals surface area contributed by atoms with Crippen LogP contribution < -0.4 is 0 Å². The smallest absolute Gasteiger partial charge is 0.335 e. The Balaban J connectivity index is 1.88. The van der Waals surface area contributed by atoms with Crippen LogP contribution in [0, 0.1) is 0 Å². The van der Waals surface area contributed by atoms with E-state index in [1.54, 1.807) is 0 Å². The van der Waals surface area contributed by atoms with Crippen molar-refractivity contribution in [3.63, 3.8) is 0 Å². The number of carboxylic acids is 1. The molecule has 92 valence electrons. The van der Waals surface area contributed by atoms with Crippen LogP contribution >= 0.6 is 0 Å². The highest BCUT2D eigenvalue weighted by Crippen LogP contribution is 2.32. The van der Waals surface area contributed by atoms with Crippen LogP contribution in [0.5, 0.6) is 0 Å². The van der Waals surface area contributed by atoms with E-state index in [9.17, 15) is 9.90 Å². The lowest BCUT2D eigenvalue weighted by molar-refractivity contribution is -0.175. The molecule has 1 atom stereocenters. The van der Waals surface area contributed by atoms with E-state index in [1.807, 2.05) is 0 Å². The third-order valence-corrected chi connectivity index (χ3v) is 3.62. The first-order valence-corrected chi connectivity index (χ1v) is 6.22. The highest BCUT2D eigenvalue weighted by Gasteiger charge is 2.41. The minimum atomic E-state index is -0.926. The standard InChI is InChI=1S/C12H20O4/c13-11(14)12(6-2-1-3-7-12)16-9-10-5-4-8-15-10/h10H,1-9H2,(H,13,14). The number of ether oxygens (including phenoxy) is 2. The number of aliphatic carboxylic acids is 1. The van der Waals surface area contributed by atoms with Gasteiger partial charge in [-0.3, -0.25) is 0 Å². The van der Waals surface area contributed by atoms with Gasteiger partial charge in [-0.1, -0.05) is 6.42 Å². The summed E-state index contributed by atoms with van der Waals surface area (Å²) in [5.74, 6) is -0.801. The number of hydrogen-bond donors (Lipinski definition) is 1. The molecule has 16 heavy (non-hydrogen) atoms. The van der Waals surface area contributed by atoms with Crippen molar-refractivity contribution in [3.8, 4) is 0 Å². The molecule has 0 spiro atoms. The maximum absolute atomic E-state index is 11.3. The van der Waals surface area contributed by atoms with Crippen LogP contribution in [0.25, 0.3) is 0 Å². The Hall–Kier alpha value is -0.610. The second-order valence-corrected chi connectivity index (χ2v) is 4.81. The molecule has 2 aliphatic rings. The van der Waals surface area contributed by atoms with Crippen molar-refractivity contribution >= 4 is 5.97 Å². The minimum Gasteiger partial charge on any atom is -0.479 e. The predicted octanol–water partition coefficient (Wildman–Crippen LogP) is 1.97. The molecule has 1 heterocycles. The quantitative estimate of drug-likeness (QED) is 0.799. The normalized spacial score (nSPS) is 29.1. The summed E-state index contributed by atoms with van der Waals surface area (Å²) in [6, 6.07) is 0. The van der Waals surface area contributed by atoms with E-state index in [-0.39, 0.29) is 6.10 Å². The van der Waals surface area contributed by atoms with Crippen molar-refractivity contribution in [3.05, 3.63) is 0 Å². The third kappa shape index (κ3) is 2.55. The van der Waals surface area contributed by atoms with E-state index in [0.29, 0.717) is 19.4 Å². The lowest BCUT2D eigenvalue weighted by Crippen LogP contribution is -2.44. The van der Waals surface area contributed by atoms with Crippen LogP contribution in [0.4, 0.5) is 0 Å². The van der Waals surface area contributed by atoms with Gasteiger partial charge in [-0.15, -0.1) is 0 Å². The number of carboxylic acid groups (broad SMARTS) is 1. The van der Waals surface area contributed by atoms with Crippen molar-refractivity contribution in [2.75, 3.05) is 13.2 Å². The van der Waals surface area contributed by atoms with Crippen molar-refractivity contribution < 1.29 is 19.4 Å². The van der Waals surface area contributed by atoms with Gasteiger partial charge in [0.15, 0.2) is 5.60 Å². The van der Waals surface area contributed by atoms with E-state index in [0.717, 1.165) is 38.7 Å². The molecule has 4 nitrogen and oxygen atoms in total. The van der Waals surface area contributed by atoms with Gasteiger partial charge < -0.3 is 14.6 Å². The number of carbonyl (C=O) groups is 1. The van der Waals surface area contributed by atoms with Gasteiger partial charge in [0.1, 0.15) is 0 Å². The summed E-state index contributed by atoms with van der Waals surface area (Å²) in [6.45, 7) is 1.22. The zero-order valence-electron chi connectivity index (χ0n) is 9.61. The topological polar surface area (TPSA) is 55.8 Å². The molecule has 1 saturated heterocycles. The Labute approximate surface area is 95.9 Å². The van der Waals surface area contributed by atoms with E-state index in [1.165, 1.54) is 0 Å². The molecular formula is C12H20O4. The zero-order valence-corrected chi connectivity index (χ0v) is 9.61. The van der Waals surface area contributed by atoms with Crippen molar-refractivity contribution in [2.24, 2.45) is 0 Å². The van der Waals surface area contributed by atoms with Crippen molar-refractivity contribution in [2.45, 2.75) is 56.7 Å². The van der Waals surface area contributed by atoms with E-state index in [4.69, 9.17) is 9.47 Å². The summed E-state index contributed by atoms with van der Waals surface area (Å²) in [6.07, 6.45) is 6.50. The van der Waals surface area contributed by atoms with Gasteiger partial charge in [-0.05, 0) is 38.5 Å². The molecule has 1 saturated carbocycles. The highest BCUT2D eigenvalue weighted by molar-refractivity contribution is 5.77. The van der Waals surface area contributed by atoms with E-state index in [2.05, 4.69) is 0 Å². The first kappa shape index (κ1) is 11.9. The predicted molar refractivity (Wildman–Crippen MR) is 58.4 cm³/mol. The van der Waals surface area contributed by atoms with Crippen LogP contribution in [-0.2, 0) is 14.3 Å². The molecule has 1 unspecified atom stereocenters. The van der Waals surface area contributed by atoms with Crippen LogP contribution in [0.2, 0.25) is 0 Å². The maximum atomic E-state index is 11.3. The molecule has 0 aromatic rings. The summed E-state index contributed by atoms with van der Waals surface area (Å²) < 4.78 is 11.1. The summed E-state index contributed by atoms with van der Waals surface area (Å²) in [5.41, 5.74) is -0.926. The molecular weight excluding hydrogens is 208 g/mol. The summed E-state index contributed by atoms with van der Waals surface area (Å²) in [7, 11) is 0. The Morgan fingerprint density at radius 2 is 2.06 bits per heavy atom. The second-order valence-electron chi connectivity index (χ2n) is 4.81. The fraction of sp³-hybridized carbons (Fsp3) is 0.917. The molecule has 0 bridgehead atoms. The first-order valence-electron chi connectivity index (χ1n) is 6.22. The Bertz CT molecular complexity index is 239. The third-order valence-electron chi connectivity index (χ3n) is 3.62. The Kier molecular flexibility index (Phi) is 3.82. The summed E-state index contributed by atoms with van der Waals surface area (Å²) in [4.78, 5) is 11.3. The molecule has 0 aromatic heterocycles. The monoisotopic (exact) mass is 228 g/mol. The minimum absolute atomic E-state index is 0.109. The lowest BCUT2D eigenvalue weighted by atomic mass is 9.84. The van der Waals surface area contributed by atoms with Gasteiger partial charge >= 0.3 is 5.97 Å². The highest BCUT2D eigenvalue weighted by atomic mass is 16.6. The van der Waals surface area contributed by atoms with Crippen LogP contribution in [0.1, 0.15) is 44.9 Å². The van der Waals surface area contributed by atoms with Crippen LogP contribution in [0.15, 0.2) is 0 Å². The SMILES string of the molecule is O=C(O)C1(OCC2CCCO2)CCCCC1. The van der Waals surface area contributed by atoms with Crippen LogP contribution in [0.3, 0.4) is 0 Å². The van der Waals surface area contributed by atoms with Crippen molar-refractivity contribution in [1.82, 2.24) is 0 Å². The molecule has 0 amide bonds. The van der Waals surface area contributed by atoms with Crippen molar-refractivity contribution in [1.29, 1.82) is 0 Å². The second kappa shape index (κ2) is 5.15. The molecule has 1 aliphatic carbocycles. The molecule has 0 radical (unpaired) electrons. The molecule has 0 aromatic carbocycles. The average molecular weight is 228 g/mol. The summed E-state index contributed by atoms with van der Waals surface area (Å²) in [5, 5.41) is 9.30. The molecule has 1 N–H and O–H groups in total. The first-order chi connectivity index (χ1) is 7.73. The van der Waals surface area contributed by atoms with Gasteiger partial charge in [0.05, 0.1) is 12.7 Å². The van der Waals surface area contributed by atoms with Crippen LogP contribution in [-0.4, -0.2) is 36.0 Å². The average Bonchev–Trinajstić information content (AvgIpc) is 2.80. The Morgan fingerprint density at radius 3 is 2.62 bits per heavy atom. The largest absolute Gasteiger partial charge is 0.479 e. The molecule has 2 rings (SSSR count). The molecule has 4 heteroatoms. The van der Waals surface area contributed by atoms with E-state index >= 15 is 0 Å².